The maximum Gasteiger partial charge on any atom is 0.239 e. The van der Waals surface area contributed by atoms with Crippen molar-refractivity contribution in [1.82, 2.24) is 0 Å². The van der Waals surface area contributed by atoms with Crippen LogP contribution in [0.3, 0.4) is 0 Å². The molecule has 2 nitrogen and oxygen atoms in total. The zero-order valence-electron chi connectivity index (χ0n) is 15.8. The van der Waals surface area contributed by atoms with Crippen LogP contribution < -0.4 is 0 Å². The Morgan fingerprint density at radius 2 is 1.96 bits per heavy atom. The lowest BCUT2D eigenvalue weighted by atomic mass is 9.45. The molecule has 130 valence electrons. The smallest absolute Gasteiger partial charge is 0.239 e. The molecule has 0 bridgehead atoms. The van der Waals surface area contributed by atoms with E-state index in [2.05, 4.69) is 44.0 Å². The van der Waals surface area contributed by atoms with E-state index in [1.54, 1.807) is 0 Å². The van der Waals surface area contributed by atoms with Gasteiger partial charge in [-0.1, -0.05) is 26.0 Å². The monoisotopic (exact) mass is 324 g/mol. The molecule has 0 heterocycles. The van der Waals surface area contributed by atoms with Crippen LogP contribution in [0.25, 0.3) is 9.69 Å². The fourth-order valence-electron chi connectivity index (χ4n) is 6.55. The molecule has 2 heteroatoms. The summed E-state index contributed by atoms with van der Waals surface area (Å²) in [5, 5.41) is 0. The number of hydrogen-bond donors (Lipinski definition) is 0. The first-order valence-electron chi connectivity index (χ1n) is 9.70. The average molecular weight is 325 g/mol. The van der Waals surface area contributed by atoms with E-state index in [9.17, 15) is 0 Å². The van der Waals surface area contributed by atoms with Gasteiger partial charge < -0.3 is 9.69 Å². The van der Waals surface area contributed by atoms with Crippen molar-refractivity contribution in [3.8, 4) is 0 Å². The van der Waals surface area contributed by atoms with Crippen molar-refractivity contribution >= 4 is 0 Å². The Kier molecular flexibility index (Phi) is 4.32. The molecule has 0 aromatic carbocycles. The largest absolute Gasteiger partial charge is 0.311 e. The van der Waals surface area contributed by atoms with E-state index in [1.165, 1.54) is 24.8 Å². The van der Waals surface area contributed by atoms with Crippen molar-refractivity contribution in [2.75, 3.05) is 0 Å². The molecule has 0 spiro atoms. The van der Waals surface area contributed by atoms with E-state index in [0.717, 1.165) is 19.3 Å². The lowest BCUT2D eigenvalue weighted by Gasteiger charge is -2.57. The molecule has 0 aromatic heterocycles. The highest BCUT2D eigenvalue weighted by molar-refractivity contribution is 5.25. The van der Waals surface area contributed by atoms with Gasteiger partial charge in [0.15, 0.2) is 0 Å². The Labute approximate surface area is 148 Å². The van der Waals surface area contributed by atoms with Crippen LogP contribution in [0.2, 0.25) is 0 Å². The summed E-state index contributed by atoms with van der Waals surface area (Å²) < 4.78 is 0. The zero-order chi connectivity index (χ0) is 17.7. The van der Waals surface area contributed by atoms with Crippen LogP contribution in [0.4, 0.5) is 0 Å². The molecule has 0 N–H and O–H groups in total. The standard InChI is InChI=1S/C22H32N2/c1-14-10-11-22(24-7)16(3)8-9-18-15(2)12-17(19(14)20(18)22)13-21(4,5)23-6/h15-20H,1,8-13H2,2-5H3/t15?,16?,17-,18?,19?,20+,22?/m1/s1. The summed E-state index contributed by atoms with van der Waals surface area (Å²) in [5.41, 5.74) is 0.927. The quantitative estimate of drug-likeness (QED) is 0.434. The van der Waals surface area contributed by atoms with Gasteiger partial charge in [-0.25, -0.2) is 13.1 Å². The molecule has 0 aromatic rings. The molecule has 0 aliphatic heterocycles. The van der Waals surface area contributed by atoms with Crippen molar-refractivity contribution in [2.24, 2.45) is 35.5 Å². The topological polar surface area (TPSA) is 8.72 Å². The molecule has 3 rings (SSSR count). The average Bonchev–Trinajstić information content (AvgIpc) is 2.54. The van der Waals surface area contributed by atoms with E-state index in [4.69, 9.17) is 13.1 Å². The molecule has 0 saturated heterocycles. The van der Waals surface area contributed by atoms with Crippen LogP contribution in [0.15, 0.2) is 12.2 Å². The molecule has 3 saturated carbocycles. The van der Waals surface area contributed by atoms with Gasteiger partial charge >= 0.3 is 0 Å². The minimum absolute atomic E-state index is 0.163. The lowest BCUT2D eigenvalue weighted by molar-refractivity contribution is -0.0537. The first kappa shape index (κ1) is 17.5. The van der Waals surface area contributed by atoms with E-state index in [0.29, 0.717) is 35.5 Å². The van der Waals surface area contributed by atoms with Gasteiger partial charge in [0.25, 0.3) is 0 Å². The minimum Gasteiger partial charge on any atom is -0.311 e. The molecule has 3 aliphatic carbocycles. The molecule has 5 unspecified atom stereocenters. The fraction of sp³-hybridized carbons (Fsp3) is 0.818. The molecule has 7 atom stereocenters. The van der Waals surface area contributed by atoms with Crippen molar-refractivity contribution < 1.29 is 0 Å². The van der Waals surface area contributed by atoms with E-state index in [-0.39, 0.29) is 11.1 Å². The molecule has 0 amide bonds. The lowest BCUT2D eigenvalue weighted by Crippen LogP contribution is -2.59. The van der Waals surface area contributed by atoms with Crippen LogP contribution >= 0.6 is 0 Å². The number of hydrogen-bond acceptors (Lipinski definition) is 0. The second-order valence-electron chi connectivity index (χ2n) is 9.56. The van der Waals surface area contributed by atoms with Crippen LogP contribution in [-0.4, -0.2) is 11.1 Å². The fourth-order valence-corrected chi connectivity index (χ4v) is 6.55. The Morgan fingerprint density at radius 1 is 1.25 bits per heavy atom. The highest BCUT2D eigenvalue weighted by Gasteiger charge is 2.64. The van der Waals surface area contributed by atoms with Gasteiger partial charge in [0.2, 0.25) is 11.1 Å². The zero-order valence-corrected chi connectivity index (χ0v) is 15.8. The summed E-state index contributed by atoms with van der Waals surface area (Å²) in [6.45, 7) is 29.0. The third kappa shape index (κ3) is 2.50. The van der Waals surface area contributed by atoms with Gasteiger partial charge in [-0.05, 0) is 49.4 Å². The number of rotatable bonds is 2. The van der Waals surface area contributed by atoms with Crippen LogP contribution in [0.1, 0.15) is 66.2 Å². The summed E-state index contributed by atoms with van der Waals surface area (Å²) in [5.74, 6) is 3.35. The third-order valence-corrected chi connectivity index (χ3v) is 7.72. The predicted molar refractivity (Wildman–Crippen MR) is 99.1 cm³/mol. The van der Waals surface area contributed by atoms with Gasteiger partial charge in [0.05, 0.1) is 0 Å². The van der Waals surface area contributed by atoms with Gasteiger partial charge in [-0.3, -0.25) is 0 Å². The van der Waals surface area contributed by atoms with Crippen molar-refractivity contribution in [1.29, 1.82) is 0 Å². The predicted octanol–water partition coefficient (Wildman–Crippen LogP) is 6.02. The summed E-state index contributed by atoms with van der Waals surface area (Å²) in [7, 11) is 0. The molecule has 24 heavy (non-hydrogen) atoms. The second-order valence-corrected chi connectivity index (χ2v) is 9.56. The summed E-state index contributed by atoms with van der Waals surface area (Å²) in [6, 6.07) is 0. The van der Waals surface area contributed by atoms with Crippen molar-refractivity contribution in [3.63, 3.8) is 0 Å². The van der Waals surface area contributed by atoms with E-state index in [1.807, 2.05) is 0 Å². The Bertz CT molecular complexity index is 604. The van der Waals surface area contributed by atoms with Crippen molar-refractivity contribution in [2.45, 2.75) is 77.3 Å². The first-order valence-corrected chi connectivity index (χ1v) is 9.70. The Hall–Kier alpha value is -1.28. The number of nitrogens with zero attached hydrogens (tertiary/aromatic N) is 2. The SMILES string of the molecule is [C-]#[N+]C(C)(C)C[C@H]1CC(C)C2CCC(C)C3([N+]#[C-])CCC(=C)C1[C@H]23. The maximum absolute atomic E-state index is 8.08. The minimum atomic E-state index is -0.296. The number of allylic oxidation sites excluding steroid dienone is 1. The highest BCUT2D eigenvalue weighted by Crippen LogP contribution is 2.63. The summed E-state index contributed by atoms with van der Waals surface area (Å²) >= 11 is 0. The van der Waals surface area contributed by atoms with Crippen LogP contribution in [-0.2, 0) is 0 Å². The molecular formula is C22H32N2. The van der Waals surface area contributed by atoms with E-state index < -0.39 is 0 Å². The summed E-state index contributed by atoms with van der Waals surface area (Å²) in [4.78, 5) is 8.22. The van der Waals surface area contributed by atoms with Gasteiger partial charge in [-0.2, -0.15) is 0 Å². The van der Waals surface area contributed by atoms with Gasteiger partial charge in [0.1, 0.15) is 0 Å². The second kappa shape index (κ2) is 5.91. The molecular weight excluding hydrogens is 292 g/mol. The Balaban J connectivity index is 2.03. The van der Waals surface area contributed by atoms with Crippen LogP contribution in [0.5, 0.6) is 0 Å². The summed E-state index contributed by atoms with van der Waals surface area (Å²) in [6.07, 6.45) is 6.70. The van der Waals surface area contributed by atoms with Gasteiger partial charge in [-0.15, -0.1) is 0 Å². The molecule has 3 aliphatic rings. The van der Waals surface area contributed by atoms with Crippen LogP contribution in [0, 0.1) is 48.7 Å². The molecule has 0 radical (unpaired) electrons. The van der Waals surface area contributed by atoms with E-state index >= 15 is 0 Å². The molecule has 3 fully saturated rings. The third-order valence-electron chi connectivity index (χ3n) is 7.72. The Morgan fingerprint density at radius 3 is 2.58 bits per heavy atom. The first-order chi connectivity index (χ1) is 11.3. The normalized spacial score (nSPS) is 45.0. The highest BCUT2D eigenvalue weighted by atomic mass is 14.9. The van der Waals surface area contributed by atoms with Gasteiger partial charge in [0, 0.05) is 38.5 Å². The van der Waals surface area contributed by atoms with Crippen molar-refractivity contribution in [3.05, 3.63) is 35.0 Å². The maximum atomic E-state index is 8.08.